The maximum atomic E-state index is 12.9. The van der Waals surface area contributed by atoms with E-state index in [0.29, 0.717) is 6.54 Å². The summed E-state index contributed by atoms with van der Waals surface area (Å²) in [5.74, 6) is -0.292. The first-order chi connectivity index (χ1) is 10.8. The van der Waals surface area contributed by atoms with Crippen molar-refractivity contribution in [1.82, 2.24) is 4.90 Å². The van der Waals surface area contributed by atoms with Crippen LogP contribution in [0.2, 0.25) is 0 Å². The Hall–Kier alpha value is -2.16. The Morgan fingerprint density at radius 1 is 1.05 bits per heavy atom. The Kier molecular flexibility index (Phi) is 4.52. The van der Waals surface area contributed by atoms with Gasteiger partial charge in [-0.15, -0.1) is 0 Å². The molecule has 1 heterocycles. The first kappa shape index (κ1) is 14.8. The molecule has 0 radical (unpaired) electrons. The molecular formula is C19H20FNO. The highest BCUT2D eigenvalue weighted by Gasteiger charge is 2.36. The maximum absolute atomic E-state index is 12.9. The number of halogens is 1. The van der Waals surface area contributed by atoms with Crippen LogP contribution in [0.5, 0.6) is 0 Å². The van der Waals surface area contributed by atoms with Gasteiger partial charge in [0.15, 0.2) is 6.67 Å². The minimum Gasteiger partial charge on any atom is -0.336 e. The monoisotopic (exact) mass is 297 g/mol. The van der Waals surface area contributed by atoms with Gasteiger partial charge in [-0.2, -0.15) is 0 Å². The number of benzene rings is 2. The third-order valence-electron chi connectivity index (χ3n) is 4.44. The van der Waals surface area contributed by atoms with Crippen LogP contribution in [0.15, 0.2) is 60.7 Å². The molecule has 22 heavy (non-hydrogen) atoms. The van der Waals surface area contributed by atoms with Crippen LogP contribution in [0.3, 0.4) is 0 Å². The number of hydrogen-bond acceptors (Lipinski definition) is 1. The summed E-state index contributed by atoms with van der Waals surface area (Å²) in [6.07, 6.45) is 1.85. The van der Waals surface area contributed by atoms with Gasteiger partial charge in [0.2, 0.25) is 0 Å². The third-order valence-corrected chi connectivity index (χ3v) is 4.44. The summed E-state index contributed by atoms with van der Waals surface area (Å²) in [4.78, 5) is 13.7. The predicted molar refractivity (Wildman–Crippen MR) is 85.4 cm³/mol. The smallest absolute Gasteiger partial charge is 0.254 e. The van der Waals surface area contributed by atoms with E-state index in [1.165, 1.54) is 11.1 Å². The minimum absolute atomic E-state index is 0.0352. The number of likely N-dealkylation sites (tertiary alicyclic amines) is 1. The standard InChI is InChI=1S/C19H20FNO/c20-14-18(22)21-13-7-12-17(21)19(15-8-3-1-4-9-15)16-10-5-2-6-11-16/h1-6,8-11,17,19H,7,12-14H2. The van der Waals surface area contributed by atoms with Gasteiger partial charge in [-0.3, -0.25) is 4.79 Å². The van der Waals surface area contributed by atoms with Crippen molar-refractivity contribution in [3.05, 3.63) is 71.8 Å². The highest BCUT2D eigenvalue weighted by atomic mass is 19.1. The molecule has 3 heteroatoms. The highest BCUT2D eigenvalue weighted by Crippen LogP contribution is 2.36. The second kappa shape index (κ2) is 6.73. The average Bonchev–Trinajstić information content (AvgIpc) is 3.06. The van der Waals surface area contributed by atoms with E-state index in [2.05, 4.69) is 24.3 Å². The van der Waals surface area contributed by atoms with Crippen molar-refractivity contribution < 1.29 is 9.18 Å². The number of carbonyl (C=O) groups excluding carboxylic acids is 1. The molecule has 1 atom stereocenters. The second-order valence-electron chi connectivity index (χ2n) is 5.73. The fraction of sp³-hybridized carbons (Fsp3) is 0.316. The lowest BCUT2D eigenvalue weighted by molar-refractivity contribution is -0.133. The third kappa shape index (κ3) is 2.89. The van der Waals surface area contributed by atoms with Gasteiger partial charge in [-0.1, -0.05) is 60.7 Å². The van der Waals surface area contributed by atoms with Crippen molar-refractivity contribution in [3.8, 4) is 0 Å². The molecule has 1 amide bonds. The van der Waals surface area contributed by atoms with Crippen molar-refractivity contribution in [2.75, 3.05) is 13.2 Å². The van der Waals surface area contributed by atoms with E-state index >= 15 is 0 Å². The van der Waals surface area contributed by atoms with E-state index in [0.717, 1.165) is 12.8 Å². The lowest BCUT2D eigenvalue weighted by atomic mass is 9.84. The van der Waals surface area contributed by atoms with E-state index in [9.17, 15) is 9.18 Å². The molecule has 0 N–H and O–H groups in total. The first-order valence-electron chi connectivity index (χ1n) is 7.76. The molecule has 1 aliphatic heterocycles. The zero-order chi connectivity index (χ0) is 15.4. The Morgan fingerprint density at radius 3 is 2.09 bits per heavy atom. The Balaban J connectivity index is 2.00. The Bertz CT molecular complexity index is 574. The molecule has 3 rings (SSSR count). The summed E-state index contributed by atoms with van der Waals surface area (Å²) < 4.78 is 12.9. The van der Waals surface area contributed by atoms with Gasteiger partial charge in [0.25, 0.3) is 5.91 Å². The van der Waals surface area contributed by atoms with Gasteiger partial charge >= 0.3 is 0 Å². The number of rotatable bonds is 4. The average molecular weight is 297 g/mol. The maximum Gasteiger partial charge on any atom is 0.254 e. The minimum atomic E-state index is -0.910. The van der Waals surface area contributed by atoms with Crippen molar-refractivity contribution in [1.29, 1.82) is 0 Å². The summed E-state index contributed by atoms with van der Waals surface area (Å²) in [5.41, 5.74) is 2.36. The van der Waals surface area contributed by atoms with E-state index < -0.39 is 6.67 Å². The quantitative estimate of drug-likeness (QED) is 0.841. The Morgan fingerprint density at radius 2 is 1.59 bits per heavy atom. The van der Waals surface area contributed by atoms with Crippen molar-refractivity contribution in [2.45, 2.75) is 24.8 Å². The van der Waals surface area contributed by atoms with Crippen LogP contribution < -0.4 is 0 Å². The van der Waals surface area contributed by atoms with Crippen LogP contribution in [-0.2, 0) is 4.79 Å². The molecule has 0 saturated carbocycles. The molecule has 0 aliphatic carbocycles. The molecule has 114 valence electrons. The van der Waals surface area contributed by atoms with Crippen LogP contribution in [-0.4, -0.2) is 30.1 Å². The van der Waals surface area contributed by atoms with E-state index in [-0.39, 0.29) is 17.9 Å². The molecule has 0 spiro atoms. The summed E-state index contributed by atoms with van der Waals surface area (Å²) >= 11 is 0. The number of alkyl halides is 1. The molecule has 1 aliphatic rings. The van der Waals surface area contributed by atoms with Crippen LogP contribution in [0.25, 0.3) is 0 Å². The Labute approximate surface area is 130 Å². The SMILES string of the molecule is O=C(CF)N1CCCC1C(c1ccccc1)c1ccccc1. The molecule has 2 nitrogen and oxygen atoms in total. The summed E-state index contributed by atoms with van der Waals surface area (Å²) in [6, 6.07) is 20.4. The van der Waals surface area contributed by atoms with Crippen molar-refractivity contribution >= 4 is 5.91 Å². The van der Waals surface area contributed by atoms with Gasteiger partial charge in [0, 0.05) is 18.5 Å². The molecule has 2 aromatic rings. The largest absolute Gasteiger partial charge is 0.336 e. The lowest BCUT2D eigenvalue weighted by Gasteiger charge is -2.32. The summed E-state index contributed by atoms with van der Waals surface area (Å²) in [5, 5.41) is 0. The topological polar surface area (TPSA) is 20.3 Å². The fourth-order valence-electron chi connectivity index (χ4n) is 3.48. The van der Waals surface area contributed by atoms with Gasteiger partial charge in [0.05, 0.1) is 0 Å². The summed E-state index contributed by atoms with van der Waals surface area (Å²) in [6.45, 7) is -0.254. The van der Waals surface area contributed by atoms with Crippen molar-refractivity contribution in [2.24, 2.45) is 0 Å². The van der Waals surface area contributed by atoms with Gasteiger partial charge in [-0.05, 0) is 24.0 Å². The van der Waals surface area contributed by atoms with Gasteiger partial charge in [-0.25, -0.2) is 4.39 Å². The van der Waals surface area contributed by atoms with E-state index in [1.54, 1.807) is 4.90 Å². The molecule has 1 unspecified atom stereocenters. The molecule has 2 aromatic carbocycles. The van der Waals surface area contributed by atoms with Crippen LogP contribution in [0.4, 0.5) is 4.39 Å². The van der Waals surface area contributed by atoms with Crippen LogP contribution in [0.1, 0.15) is 29.9 Å². The molecule has 0 aromatic heterocycles. The lowest BCUT2D eigenvalue weighted by Crippen LogP contribution is -2.40. The number of amides is 1. The molecular weight excluding hydrogens is 277 g/mol. The normalized spacial score (nSPS) is 17.9. The molecule has 0 bridgehead atoms. The van der Waals surface area contributed by atoms with Gasteiger partial charge < -0.3 is 4.90 Å². The highest BCUT2D eigenvalue weighted by molar-refractivity contribution is 5.78. The van der Waals surface area contributed by atoms with E-state index in [4.69, 9.17) is 0 Å². The van der Waals surface area contributed by atoms with Gasteiger partial charge in [0.1, 0.15) is 0 Å². The summed E-state index contributed by atoms with van der Waals surface area (Å²) in [7, 11) is 0. The van der Waals surface area contributed by atoms with E-state index in [1.807, 2.05) is 36.4 Å². The zero-order valence-corrected chi connectivity index (χ0v) is 12.5. The van der Waals surface area contributed by atoms with Crippen LogP contribution >= 0.6 is 0 Å². The molecule has 1 fully saturated rings. The second-order valence-corrected chi connectivity index (χ2v) is 5.73. The fourth-order valence-corrected chi connectivity index (χ4v) is 3.48. The van der Waals surface area contributed by atoms with Crippen LogP contribution in [0, 0.1) is 0 Å². The number of hydrogen-bond donors (Lipinski definition) is 0. The number of nitrogens with zero attached hydrogens (tertiary/aromatic N) is 1. The molecule has 1 saturated heterocycles. The first-order valence-corrected chi connectivity index (χ1v) is 7.76. The van der Waals surface area contributed by atoms with Crippen molar-refractivity contribution in [3.63, 3.8) is 0 Å². The predicted octanol–water partition coefficient (Wildman–Crippen LogP) is 3.78. The zero-order valence-electron chi connectivity index (χ0n) is 12.5. The number of carbonyl (C=O) groups is 1.